The van der Waals surface area contributed by atoms with E-state index in [1.54, 1.807) is 25.3 Å². The van der Waals surface area contributed by atoms with Crippen molar-refractivity contribution in [3.63, 3.8) is 0 Å². The summed E-state index contributed by atoms with van der Waals surface area (Å²) >= 11 is 1.42. The third-order valence-electron chi connectivity index (χ3n) is 5.23. The third-order valence-corrected chi connectivity index (χ3v) is 6.01. The molecular formula is C23H23FN4O3S. The van der Waals surface area contributed by atoms with Crippen LogP contribution in [0.25, 0.3) is 0 Å². The van der Waals surface area contributed by atoms with Crippen LogP contribution in [0.15, 0.2) is 46.0 Å². The highest BCUT2D eigenvalue weighted by Gasteiger charge is 2.35. The summed E-state index contributed by atoms with van der Waals surface area (Å²) in [6.45, 7) is 5.09. The number of aliphatic imine (C=N–C) groups is 1. The van der Waals surface area contributed by atoms with Gasteiger partial charge in [0.2, 0.25) is 0 Å². The highest BCUT2D eigenvalue weighted by atomic mass is 32.1. The highest BCUT2D eigenvalue weighted by molar-refractivity contribution is 7.11. The normalized spacial score (nSPS) is 19.2. The van der Waals surface area contributed by atoms with E-state index >= 15 is 0 Å². The smallest absolute Gasteiger partial charge is 0.338 e. The fourth-order valence-corrected chi connectivity index (χ4v) is 4.34. The van der Waals surface area contributed by atoms with E-state index in [0.717, 1.165) is 13.1 Å². The minimum Gasteiger partial charge on any atom is -0.463 e. The molecule has 0 spiro atoms. The zero-order valence-corrected chi connectivity index (χ0v) is 18.5. The summed E-state index contributed by atoms with van der Waals surface area (Å²) < 4.78 is 25.4. The molecular weight excluding hydrogens is 431 g/mol. The van der Waals surface area contributed by atoms with Crippen LogP contribution < -0.4 is 5.32 Å². The van der Waals surface area contributed by atoms with Crippen molar-refractivity contribution in [1.29, 1.82) is 0 Å². The van der Waals surface area contributed by atoms with Gasteiger partial charge in [-0.3, -0.25) is 9.89 Å². The number of rotatable bonds is 6. The van der Waals surface area contributed by atoms with Crippen molar-refractivity contribution in [1.82, 2.24) is 15.2 Å². The van der Waals surface area contributed by atoms with Gasteiger partial charge in [-0.1, -0.05) is 18.1 Å². The quantitative estimate of drug-likeness (QED) is 0.534. The molecule has 1 atom stereocenters. The minimum atomic E-state index is -0.827. The average molecular weight is 455 g/mol. The van der Waals surface area contributed by atoms with Gasteiger partial charge in [-0.2, -0.15) is 0 Å². The van der Waals surface area contributed by atoms with Crippen molar-refractivity contribution >= 4 is 23.1 Å². The van der Waals surface area contributed by atoms with E-state index in [2.05, 4.69) is 21.1 Å². The summed E-state index contributed by atoms with van der Waals surface area (Å²) in [6.07, 6.45) is 7.31. The fraction of sp³-hybridized carbons (Fsp3) is 0.348. The lowest BCUT2D eigenvalue weighted by molar-refractivity contribution is -0.139. The number of aromatic nitrogens is 1. The Labute approximate surface area is 190 Å². The zero-order chi connectivity index (χ0) is 22.5. The van der Waals surface area contributed by atoms with Gasteiger partial charge in [0.1, 0.15) is 11.9 Å². The molecule has 0 aliphatic carbocycles. The highest BCUT2D eigenvalue weighted by Crippen LogP contribution is 2.35. The predicted molar refractivity (Wildman–Crippen MR) is 120 cm³/mol. The molecule has 1 fully saturated rings. The molecule has 2 aromatic rings. The number of nitrogens with zero attached hydrogens (tertiary/aromatic N) is 3. The fourth-order valence-electron chi connectivity index (χ4n) is 3.75. The maximum Gasteiger partial charge on any atom is 0.338 e. The van der Waals surface area contributed by atoms with E-state index in [1.165, 1.54) is 17.4 Å². The number of carbonyl (C=O) groups excluding carboxylic acids is 1. The summed E-state index contributed by atoms with van der Waals surface area (Å²) in [5.74, 6) is 1.88. The van der Waals surface area contributed by atoms with Crippen LogP contribution in [0.1, 0.15) is 29.1 Å². The lowest BCUT2D eigenvalue weighted by Gasteiger charge is -2.32. The van der Waals surface area contributed by atoms with Crippen LogP contribution >= 0.6 is 11.3 Å². The molecule has 9 heteroatoms. The Morgan fingerprint density at radius 2 is 2.25 bits per heavy atom. The van der Waals surface area contributed by atoms with Crippen molar-refractivity contribution in [2.45, 2.75) is 13.0 Å². The van der Waals surface area contributed by atoms with Crippen LogP contribution in [0.3, 0.4) is 0 Å². The van der Waals surface area contributed by atoms with Crippen LogP contribution in [-0.2, 0) is 14.3 Å². The molecule has 0 radical (unpaired) electrons. The van der Waals surface area contributed by atoms with Gasteiger partial charge in [-0.05, 0) is 18.6 Å². The van der Waals surface area contributed by atoms with Crippen molar-refractivity contribution in [3.05, 3.63) is 63.0 Å². The molecule has 1 saturated heterocycles. The summed E-state index contributed by atoms with van der Waals surface area (Å²) in [5.41, 5.74) is 1.48. The number of terminal acetylenes is 1. The number of thiazole rings is 1. The van der Waals surface area contributed by atoms with Gasteiger partial charge in [-0.25, -0.2) is 14.2 Å². The number of morpholine rings is 1. The van der Waals surface area contributed by atoms with E-state index < -0.39 is 17.8 Å². The van der Waals surface area contributed by atoms with Gasteiger partial charge < -0.3 is 14.8 Å². The molecule has 1 aromatic carbocycles. The molecule has 4 rings (SSSR count). The minimum absolute atomic E-state index is 0.0779. The first-order valence-corrected chi connectivity index (χ1v) is 11.2. The van der Waals surface area contributed by atoms with Gasteiger partial charge in [-0.15, -0.1) is 17.8 Å². The van der Waals surface area contributed by atoms with E-state index in [0.29, 0.717) is 47.4 Å². The number of esters is 1. The van der Waals surface area contributed by atoms with Crippen LogP contribution in [-0.4, -0.2) is 61.1 Å². The van der Waals surface area contributed by atoms with E-state index in [4.69, 9.17) is 20.9 Å². The number of nitrogens with one attached hydrogen (secondary N) is 1. The lowest BCUT2D eigenvalue weighted by atomic mass is 9.91. The first kappa shape index (κ1) is 22.1. The van der Waals surface area contributed by atoms with Gasteiger partial charge in [0.15, 0.2) is 10.8 Å². The molecule has 0 amide bonds. The SMILES string of the molecule is C#Cc1c(F)cccc1C1N=C(c2nccs2)NC(CN2CCOCC2)=C1C(=O)OCC. The van der Waals surface area contributed by atoms with E-state index in [9.17, 15) is 9.18 Å². The monoisotopic (exact) mass is 454 g/mol. The van der Waals surface area contributed by atoms with Crippen molar-refractivity contribution in [2.24, 2.45) is 4.99 Å². The number of ether oxygens (including phenoxy) is 2. The van der Waals surface area contributed by atoms with Crippen molar-refractivity contribution in [3.8, 4) is 12.3 Å². The molecule has 1 aromatic heterocycles. The van der Waals surface area contributed by atoms with Crippen LogP contribution in [0.5, 0.6) is 0 Å². The van der Waals surface area contributed by atoms with Gasteiger partial charge >= 0.3 is 5.97 Å². The van der Waals surface area contributed by atoms with Gasteiger partial charge in [0.25, 0.3) is 0 Å². The van der Waals surface area contributed by atoms with Crippen molar-refractivity contribution in [2.75, 3.05) is 39.5 Å². The number of amidine groups is 1. The molecule has 2 aliphatic heterocycles. The zero-order valence-electron chi connectivity index (χ0n) is 17.6. The molecule has 7 nitrogen and oxygen atoms in total. The van der Waals surface area contributed by atoms with Crippen LogP contribution in [0.4, 0.5) is 4.39 Å². The maximum atomic E-state index is 14.6. The summed E-state index contributed by atoms with van der Waals surface area (Å²) in [5, 5.41) is 5.80. The Bertz CT molecular complexity index is 1090. The first-order chi connectivity index (χ1) is 15.6. The summed E-state index contributed by atoms with van der Waals surface area (Å²) in [4.78, 5) is 24.4. The Morgan fingerprint density at radius 1 is 1.44 bits per heavy atom. The second-order valence-corrected chi connectivity index (χ2v) is 8.09. The van der Waals surface area contributed by atoms with Gasteiger partial charge in [0, 0.05) is 36.9 Å². The summed E-state index contributed by atoms with van der Waals surface area (Å²) in [6, 6.07) is 3.74. The first-order valence-electron chi connectivity index (χ1n) is 10.3. The number of hydrogen-bond acceptors (Lipinski definition) is 8. The van der Waals surface area contributed by atoms with E-state index in [-0.39, 0.29) is 12.2 Å². The molecule has 1 unspecified atom stereocenters. The molecule has 2 aliphatic rings. The Balaban J connectivity index is 1.86. The molecule has 0 bridgehead atoms. The van der Waals surface area contributed by atoms with Crippen molar-refractivity contribution < 1.29 is 18.7 Å². The van der Waals surface area contributed by atoms with Crippen LogP contribution in [0, 0.1) is 18.2 Å². The molecule has 32 heavy (non-hydrogen) atoms. The third kappa shape index (κ3) is 4.58. The second-order valence-electron chi connectivity index (χ2n) is 7.19. The Kier molecular flexibility index (Phi) is 6.95. The summed E-state index contributed by atoms with van der Waals surface area (Å²) in [7, 11) is 0. The molecule has 1 N–H and O–H groups in total. The number of benzene rings is 1. The maximum absolute atomic E-state index is 14.6. The van der Waals surface area contributed by atoms with Crippen LogP contribution in [0.2, 0.25) is 0 Å². The number of halogens is 1. The van der Waals surface area contributed by atoms with Gasteiger partial charge in [0.05, 0.1) is 31.0 Å². The predicted octanol–water partition coefficient (Wildman–Crippen LogP) is 2.50. The Morgan fingerprint density at radius 3 is 2.94 bits per heavy atom. The number of hydrogen-bond donors (Lipinski definition) is 1. The standard InChI is InChI=1S/C23H23FN4O3S/c1-3-15-16(6-5-7-17(15)24)20-19(23(29)31-4-2)18(14-28-9-11-30-12-10-28)26-21(27-20)22-25-8-13-32-22/h1,5-8,13,20H,4,9-12,14H2,2H3,(H,26,27). The molecule has 166 valence electrons. The molecule has 3 heterocycles. The number of carbonyl (C=O) groups is 1. The largest absolute Gasteiger partial charge is 0.463 e. The molecule has 0 saturated carbocycles. The average Bonchev–Trinajstić information content (AvgIpc) is 3.34. The second kappa shape index (κ2) is 10.0. The Hall–Kier alpha value is -3.06. The van der Waals surface area contributed by atoms with E-state index in [1.807, 2.05) is 5.38 Å². The lowest BCUT2D eigenvalue weighted by Crippen LogP contribution is -2.43. The topological polar surface area (TPSA) is 76.0 Å².